The Kier molecular flexibility index (Phi) is 7.79. The molecule has 1 heterocycles. The zero-order valence-corrected chi connectivity index (χ0v) is 21.0. The van der Waals surface area contributed by atoms with Crippen LogP contribution in [0.15, 0.2) is 35.3 Å². The molecule has 4 rings (SSSR count). The minimum atomic E-state index is -0.263. The van der Waals surface area contributed by atoms with Gasteiger partial charge in [0.2, 0.25) is 11.8 Å². The highest BCUT2D eigenvalue weighted by Crippen LogP contribution is 2.52. The Balaban J connectivity index is 0.00000289. The van der Waals surface area contributed by atoms with Gasteiger partial charge in [-0.05, 0) is 42.4 Å². The van der Waals surface area contributed by atoms with Crippen LogP contribution in [-0.2, 0) is 16.1 Å². The van der Waals surface area contributed by atoms with Gasteiger partial charge >= 0.3 is 0 Å². The van der Waals surface area contributed by atoms with Crippen LogP contribution in [0.25, 0.3) is 0 Å². The van der Waals surface area contributed by atoms with Crippen molar-refractivity contribution in [3.63, 3.8) is 0 Å². The second-order valence-corrected chi connectivity index (χ2v) is 8.71. The van der Waals surface area contributed by atoms with Crippen LogP contribution < -0.4 is 15.5 Å². The Bertz CT molecular complexity index is 905. The number of hydrogen-bond donors (Lipinski definition) is 2. The molecule has 174 valence electrons. The molecule has 9 heteroatoms. The number of anilines is 1. The maximum atomic E-state index is 14.1. The Labute approximate surface area is 205 Å². The Morgan fingerprint density at radius 1 is 1.16 bits per heavy atom. The summed E-state index contributed by atoms with van der Waals surface area (Å²) in [6.45, 7) is 1.43. The van der Waals surface area contributed by atoms with Crippen LogP contribution in [0.1, 0.15) is 18.4 Å². The van der Waals surface area contributed by atoms with Gasteiger partial charge in [0.15, 0.2) is 5.96 Å². The molecule has 2 N–H and O–H groups in total. The molecule has 2 aliphatic carbocycles. The predicted molar refractivity (Wildman–Crippen MR) is 133 cm³/mol. The van der Waals surface area contributed by atoms with Crippen LogP contribution >= 0.6 is 24.0 Å². The Morgan fingerprint density at radius 2 is 1.81 bits per heavy atom. The van der Waals surface area contributed by atoms with Gasteiger partial charge in [0.05, 0.1) is 17.5 Å². The van der Waals surface area contributed by atoms with Crippen molar-refractivity contribution in [3.8, 4) is 0 Å². The van der Waals surface area contributed by atoms with E-state index in [0.717, 1.165) is 12.0 Å². The molecule has 1 aromatic carbocycles. The number of carbonyl (C=O) groups excluding carboxylic acids is 2. The number of rotatable bonds is 7. The maximum absolute atomic E-state index is 14.1. The first-order chi connectivity index (χ1) is 14.9. The van der Waals surface area contributed by atoms with Crippen molar-refractivity contribution in [1.29, 1.82) is 0 Å². The molecule has 4 unspecified atom stereocenters. The van der Waals surface area contributed by atoms with E-state index in [1.54, 1.807) is 32.1 Å². The molecule has 3 aliphatic rings. The molecule has 7 nitrogen and oxygen atoms in total. The lowest BCUT2D eigenvalue weighted by molar-refractivity contribution is -0.140. The van der Waals surface area contributed by atoms with Gasteiger partial charge in [0.25, 0.3) is 0 Å². The van der Waals surface area contributed by atoms with E-state index in [0.29, 0.717) is 37.7 Å². The van der Waals surface area contributed by atoms with Gasteiger partial charge in [-0.1, -0.05) is 18.2 Å². The summed E-state index contributed by atoms with van der Waals surface area (Å²) in [5, 5.41) is 6.36. The third kappa shape index (κ3) is 4.62. The summed E-state index contributed by atoms with van der Waals surface area (Å²) < 4.78 is 14.1. The molecule has 1 aromatic rings. The van der Waals surface area contributed by atoms with Crippen molar-refractivity contribution in [3.05, 3.63) is 41.7 Å². The van der Waals surface area contributed by atoms with Crippen LogP contribution in [-0.4, -0.2) is 56.9 Å². The van der Waals surface area contributed by atoms with Crippen molar-refractivity contribution >= 4 is 47.4 Å². The maximum Gasteiger partial charge on any atom is 0.233 e. The van der Waals surface area contributed by atoms with Crippen molar-refractivity contribution in [2.75, 3.05) is 39.1 Å². The monoisotopic (exact) mass is 555 g/mol. The first-order valence-corrected chi connectivity index (χ1v) is 10.8. The number of aliphatic imine (C=N–C) groups is 1. The SMILES string of the molecule is CN=C(NCCCN1C(=O)C2C3C=CC(C3)C2C1=O)NCc1ccc(N(C)C)c(F)c1.I. The second-order valence-electron chi connectivity index (χ2n) is 8.71. The molecule has 2 fully saturated rings. The molecule has 4 atom stereocenters. The number of amides is 2. The molecule has 1 saturated heterocycles. The van der Waals surface area contributed by atoms with E-state index in [2.05, 4.69) is 27.8 Å². The zero-order valence-electron chi connectivity index (χ0n) is 18.7. The number of fused-ring (bicyclic) bond motifs is 5. The molecular formula is C23H31FIN5O2. The summed E-state index contributed by atoms with van der Waals surface area (Å²) in [6.07, 6.45) is 5.81. The van der Waals surface area contributed by atoms with Gasteiger partial charge < -0.3 is 15.5 Å². The minimum Gasteiger partial charge on any atom is -0.375 e. The van der Waals surface area contributed by atoms with E-state index >= 15 is 0 Å². The first kappa shape index (κ1) is 24.5. The number of imide groups is 1. The van der Waals surface area contributed by atoms with Crippen LogP contribution in [0.4, 0.5) is 10.1 Å². The van der Waals surface area contributed by atoms with Crippen molar-refractivity contribution < 1.29 is 14.0 Å². The molecule has 1 saturated carbocycles. The molecular weight excluding hydrogens is 524 g/mol. The molecule has 0 spiro atoms. The fourth-order valence-electron chi connectivity index (χ4n) is 5.06. The number of carbonyl (C=O) groups is 2. The normalized spacial score (nSPS) is 25.8. The lowest BCUT2D eigenvalue weighted by Gasteiger charge is -2.18. The average molecular weight is 555 g/mol. The van der Waals surface area contributed by atoms with Gasteiger partial charge in [0, 0.05) is 40.8 Å². The number of nitrogens with zero attached hydrogens (tertiary/aromatic N) is 3. The van der Waals surface area contributed by atoms with E-state index in [1.165, 1.54) is 11.0 Å². The fourth-order valence-corrected chi connectivity index (χ4v) is 5.06. The first-order valence-electron chi connectivity index (χ1n) is 10.8. The van der Waals surface area contributed by atoms with Gasteiger partial charge in [-0.15, -0.1) is 24.0 Å². The van der Waals surface area contributed by atoms with Crippen molar-refractivity contribution in [2.45, 2.75) is 19.4 Å². The number of hydrogen-bond acceptors (Lipinski definition) is 4. The summed E-state index contributed by atoms with van der Waals surface area (Å²) in [5.74, 6) is 0.544. The Hall–Kier alpha value is -2.17. The smallest absolute Gasteiger partial charge is 0.233 e. The van der Waals surface area contributed by atoms with E-state index in [-0.39, 0.29) is 65.3 Å². The highest BCUT2D eigenvalue weighted by Gasteiger charge is 2.58. The van der Waals surface area contributed by atoms with E-state index in [9.17, 15) is 14.0 Å². The van der Waals surface area contributed by atoms with E-state index < -0.39 is 0 Å². The number of benzene rings is 1. The minimum absolute atomic E-state index is 0. The van der Waals surface area contributed by atoms with Gasteiger partial charge in [-0.25, -0.2) is 4.39 Å². The molecule has 0 radical (unpaired) electrons. The standard InChI is InChI=1S/C23H30FN5O2.HI/c1-25-23(27-13-14-5-8-18(28(2)3)17(24)11-14)26-9-4-10-29-21(30)19-15-6-7-16(12-15)20(19)22(29)31;/h5-8,11,15-16,19-20H,4,9-10,12-13H2,1-3H3,(H2,25,26,27);1H. The summed E-state index contributed by atoms with van der Waals surface area (Å²) in [5.41, 5.74) is 1.36. The highest BCUT2D eigenvalue weighted by molar-refractivity contribution is 14.0. The van der Waals surface area contributed by atoms with Crippen molar-refractivity contribution in [2.24, 2.45) is 28.7 Å². The highest BCUT2D eigenvalue weighted by atomic mass is 127. The molecule has 0 aromatic heterocycles. The molecule has 1 aliphatic heterocycles. The predicted octanol–water partition coefficient (Wildman–Crippen LogP) is 2.37. The quantitative estimate of drug-likeness (QED) is 0.135. The molecule has 2 amide bonds. The summed E-state index contributed by atoms with van der Waals surface area (Å²) in [6, 6.07) is 5.14. The fraction of sp³-hybridized carbons (Fsp3) is 0.522. The van der Waals surface area contributed by atoms with Gasteiger partial charge in [0.1, 0.15) is 5.82 Å². The number of guanidine groups is 1. The third-order valence-electron chi connectivity index (χ3n) is 6.59. The second kappa shape index (κ2) is 10.2. The topological polar surface area (TPSA) is 77.0 Å². The van der Waals surface area contributed by atoms with Crippen LogP contribution in [0.5, 0.6) is 0 Å². The number of nitrogens with one attached hydrogen (secondary N) is 2. The van der Waals surface area contributed by atoms with Crippen LogP contribution in [0.2, 0.25) is 0 Å². The third-order valence-corrected chi connectivity index (χ3v) is 6.59. The number of halogens is 2. The van der Waals surface area contributed by atoms with Crippen molar-refractivity contribution in [1.82, 2.24) is 15.5 Å². The van der Waals surface area contributed by atoms with Crippen LogP contribution in [0, 0.1) is 29.5 Å². The average Bonchev–Trinajstić information content (AvgIpc) is 3.42. The lowest BCUT2D eigenvalue weighted by atomic mass is 9.85. The lowest BCUT2D eigenvalue weighted by Crippen LogP contribution is -2.39. The van der Waals surface area contributed by atoms with Gasteiger partial charge in [-0.2, -0.15) is 0 Å². The summed E-state index contributed by atoms with van der Waals surface area (Å²) >= 11 is 0. The van der Waals surface area contributed by atoms with E-state index in [1.807, 2.05) is 6.07 Å². The largest absolute Gasteiger partial charge is 0.375 e. The van der Waals surface area contributed by atoms with E-state index in [4.69, 9.17) is 0 Å². The zero-order chi connectivity index (χ0) is 22.1. The Morgan fingerprint density at radius 3 is 2.38 bits per heavy atom. The summed E-state index contributed by atoms with van der Waals surface area (Å²) in [4.78, 5) is 32.8. The number of allylic oxidation sites excluding steroid dienone is 2. The van der Waals surface area contributed by atoms with Gasteiger partial charge in [-0.3, -0.25) is 19.5 Å². The number of likely N-dealkylation sites (tertiary alicyclic amines) is 1. The summed E-state index contributed by atoms with van der Waals surface area (Å²) in [7, 11) is 5.28. The van der Waals surface area contributed by atoms with Crippen LogP contribution in [0.3, 0.4) is 0 Å². The molecule has 2 bridgehead atoms. The molecule has 32 heavy (non-hydrogen) atoms.